The smallest absolute Gasteiger partial charge is 0.0508 e. The lowest BCUT2D eigenvalue weighted by Gasteiger charge is -2.19. The molecule has 1 rings (SSSR count). The van der Waals surface area contributed by atoms with Gasteiger partial charge in [0.2, 0.25) is 0 Å². The molecule has 1 aliphatic carbocycles. The van der Waals surface area contributed by atoms with Gasteiger partial charge in [-0.15, -0.1) is 0 Å². The summed E-state index contributed by atoms with van der Waals surface area (Å²) >= 11 is 0. The van der Waals surface area contributed by atoms with Gasteiger partial charge in [0, 0.05) is 12.5 Å². The van der Waals surface area contributed by atoms with E-state index in [0.717, 1.165) is 6.42 Å². The molecule has 0 heterocycles. The molecule has 2 nitrogen and oxygen atoms in total. The number of hydrogen-bond acceptors (Lipinski definition) is 2. The molecular formula is C9H17NO. The predicted molar refractivity (Wildman–Crippen MR) is 46.2 cm³/mol. The van der Waals surface area contributed by atoms with Crippen molar-refractivity contribution < 1.29 is 5.11 Å². The van der Waals surface area contributed by atoms with E-state index in [1.807, 2.05) is 0 Å². The average molecular weight is 155 g/mol. The van der Waals surface area contributed by atoms with Crippen molar-refractivity contribution in [3.05, 3.63) is 11.6 Å². The van der Waals surface area contributed by atoms with Crippen LogP contribution in [-0.2, 0) is 0 Å². The highest BCUT2D eigenvalue weighted by molar-refractivity contribution is 5.09. The lowest BCUT2D eigenvalue weighted by atomic mass is 9.90. The average Bonchev–Trinajstić information content (AvgIpc) is 2.09. The van der Waals surface area contributed by atoms with Gasteiger partial charge >= 0.3 is 0 Å². The normalized spacial score (nSPS) is 21.1. The Balaban J connectivity index is 2.48. The topological polar surface area (TPSA) is 46.2 Å². The summed E-state index contributed by atoms with van der Waals surface area (Å²) in [4.78, 5) is 0. The van der Waals surface area contributed by atoms with E-state index >= 15 is 0 Å². The van der Waals surface area contributed by atoms with E-state index in [9.17, 15) is 0 Å². The molecule has 0 aromatic heterocycles. The van der Waals surface area contributed by atoms with E-state index in [2.05, 4.69) is 6.08 Å². The first-order valence-corrected chi connectivity index (χ1v) is 4.38. The maximum absolute atomic E-state index is 8.96. The van der Waals surface area contributed by atoms with Gasteiger partial charge in [0.1, 0.15) is 0 Å². The number of aliphatic hydroxyl groups excluding tert-OH is 1. The zero-order valence-corrected chi connectivity index (χ0v) is 6.92. The zero-order valence-electron chi connectivity index (χ0n) is 6.92. The van der Waals surface area contributed by atoms with Gasteiger partial charge in [-0.2, -0.15) is 0 Å². The largest absolute Gasteiger partial charge is 0.396 e. The van der Waals surface area contributed by atoms with Crippen molar-refractivity contribution in [1.29, 1.82) is 0 Å². The number of allylic oxidation sites excluding steroid dienone is 1. The second-order valence-corrected chi connectivity index (χ2v) is 3.14. The minimum Gasteiger partial charge on any atom is -0.396 e. The third-order valence-corrected chi connectivity index (χ3v) is 2.36. The summed E-state index contributed by atoms with van der Waals surface area (Å²) in [7, 11) is 0. The molecule has 0 saturated heterocycles. The van der Waals surface area contributed by atoms with Crippen molar-refractivity contribution in [2.45, 2.75) is 25.7 Å². The monoisotopic (exact) mass is 155 g/mol. The summed E-state index contributed by atoms with van der Waals surface area (Å²) in [6.07, 6.45) is 7.13. The van der Waals surface area contributed by atoms with Crippen molar-refractivity contribution in [2.24, 2.45) is 11.7 Å². The minimum absolute atomic E-state index is 0.211. The standard InChI is InChI=1S/C9H17NO/c10-6-9(7-11)8-4-2-1-3-5-8/h4,9,11H,1-3,5-7,10H2. The molecule has 0 spiro atoms. The SMILES string of the molecule is NCC(CO)C1=CCCCC1. The number of nitrogens with two attached hydrogens (primary N) is 1. The number of rotatable bonds is 3. The summed E-state index contributed by atoms with van der Waals surface area (Å²) in [6.45, 7) is 0.796. The Morgan fingerprint density at radius 2 is 2.36 bits per heavy atom. The van der Waals surface area contributed by atoms with Crippen LogP contribution in [0.4, 0.5) is 0 Å². The van der Waals surface area contributed by atoms with Crippen LogP contribution < -0.4 is 5.73 Å². The van der Waals surface area contributed by atoms with Crippen molar-refractivity contribution >= 4 is 0 Å². The molecule has 1 unspecified atom stereocenters. The molecule has 2 heteroatoms. The Morgan fingerprint density at radius 1 is 1.55 bits per heavy atom. The molecule has 1 aliphatic rings. The first-order chi connectivity index (χ1) is 5.38. The molecular weight excluding hydrogens is 138 g/mol. The van der Waals surface area contributed by atoms with E-state index < -0.39 is 0 Å². The Morgan fingerprint density at radius 3 is 2.82 bits per heavy atom. The first-order valence-electron chi connectivity index (χ1n) is 4.38. The van der Waals surface area contributed by atoms with E-state index in [-0.39, 0.29) is 12.5 Å². The summed E-state index contributed by atoms with van der Waals surface area (Å²) in [5, 5.41) is 8.96. The summed E-state index contributed by atoms with van der Waals surface area (Å²) in [5.41, 5.74) is 6.89. The lowest BCUT2D eigenvalue weighted by molar-refractivity contribution is 0.245. The quantitative estimate of drug-likeness (QED) is 0.598. The third kappa shape index (κ3) is 2.31. The molecule has 0 saturated carbocycles. The van der Waals surface area contributed by atoms with E-state index in [1.54, 1.807) is 0 Å². The fraction of sp³-hybridized carbons (Fsp3) is 0.778. The predicted octanol–water partition coefficient (Wildman–Crippen LogP) is 1.05. The highest BCUT2D eigenvalue weighted by atomic mass is 16.3. The maximum atomic E-state index is 8.96. The van der Waals surface area contributed by atoms with Gasteiger partial charge in [-0.1, -0.05) is 11.6 Å². The Hall–Kier alpha value is -0.340. The second-order valence-electron chi connectivity index (χ2n) is 3.14. The van der Waals surface area contributed by atoms with E-state index in [4.69, 9.17) is 10.8 Å². The van der Waals surface area contributed by atoms with E-state index in [1.165, 1.54) is 24.8 Å². The van der Waals surface area contributed by atoms with Crippen LogP contribution in [0.2, 0.25) is 0 Å². The second kappa shape index (κ2) is 4.52. The van der Waals surface area contributed by atoms with Crippen LogP contribution in [-0.4, -0.2) is 18.3 Å². The fourth-order valence-corrected chi connectivity index (χ4v) is 1.58. The van der Waals surface area contributed by atoms with Crippen LogP contribution in [0.1, 0.15) is 25.7 Å². The number of hydrogen-bond donors (Lipinski definition) is 2. The molecule has 0 radical (unpaired) electrons. The van der Waals surface area contributed by atoms with Gasteiger partial charge in [-0.05, 0) is 25.7 Å². The summed E-state index contributed by atoms with van der Waals surface area (Å²) < 4.78 is 0. The Kier molecular flexibility index (Phi) is 3.60. The van der Waals surface area contributed by atoms with Crippen LogP contribution in [0, 0.1) is 5.92 Å². The minimum atomic E-state index is 0.211. The molecule has 0 aromatic carbocycles. The highest BCUT2D eigenvalue weighted by Crippen LogP contribution is 2.23. The Bertz CT molecular complexity index is 138. The number of aliphatic hydroxyl groups is 1. The van der Waals surface area contributed by atoms with E-state index in [0.29, 0.717) is 6.54 Å². The molecule has 3 N–H and O–H groups in total. The van der Waals surface area contributed by atoms with Crippen molar-refractivity contribution in [3.63, 3.8) is 0 Å². The van der Waals surface area contributed by atoms with Crippen LogP contribution in [0.3, 0.4) is 0 Å². The lowest BCUT2D eigenvalue weighted by Crippen LogP contribution is -2.21. The zero-order chi connectivity index (χ0) is 8.10. The molecule has 0 amide bonds. The van der Waals surface area contributed by atoms with Gasteiger partial charge in [0.25, 0.3) is 0 Å². The van der Waals surface area contributed by atoms with Gasteiger partial charge in [0.05, 0.1) is 6.61 Å². The molecule has 0 bridgehead atoms. The van der Waals surface area contributed by atoms with Gasteiger partial charge in [0.15, 0.2) is 0 Å². The Labute approximate surface area is 68.1 Å². The molecule has 64 valence electrons. The van der Waals surface area contributed by atoms with Crippen molar-refractivity contribution in [3.8, 4) is 0 Å². The van der Waals surface area contributed by atoms with Crippen LogP contribution >= 0.6 is 0 Å². The van der Waals surface area contributed by atoms with Crippen LogP contribution in [0.15, 0.2) is 11.6 Å². The van der Waals surface area contributed by atoms with Crippen LogP contribution in [0.5, 0.6) is 0 Å². The summed E-state index contributed by atoms with van der Waals surface area (Å²) in [6, 6.07) is 0. The fourth-order valence-electron chi connectivity index (χ4n) is 1.58. The molecule has 11 heavy (non-hydrogen) atoms. The highest BCUT2D eigenvalue weighted by Gasteiger charge is 2.12. The van der Waals surface area contributed by atoms with Gasteiger partial charge in [-0.3, -0.25) is 0 Å². The summed E-state index contributed by atoms with van der Waals surface area (Å²) in [5.74, 6) is 0.232. The van der Waals surface area contributed by atoms with Crippen LogP contribution in [0.25, 0.3) is 0 Å². The van der Waals surface area contributed by atoms with Crippen molar-refractivity contribution in [1.82, 2.24) is 0 Å². The molecule has 0 fully saturated rings. The third-order valence-electron chi connectivity index (χ3n) is 2.36. The van der Waals surface area contributed by atoms with Gasteiger partial charge < -0.3 is 10.8 Å². The molecule has 0 aromatic rings. The first kappa shape index (κ1) is 8.75. The van der Waals surface area contributed by atoms with Crippen molar-refractivity contribution in [2.75, 3.05) is 13.2 Å². The van der Waals surface area contributed by atoms with Gasteiger partial charge in [-0.25, -0.2) is 0 Å². The molecule has 0 aliphatic heterocycles. The maximum Gasteiger partial charge on any atom is 0.0508 e. The molecule has 1 atom stereocenters.